The highest BCUT2D eigenvalue weighted by molar-refractivity contribution is 5.85. The van der Waals surface area contributed by atoms with Crippen LogP contribution < -0.4 is 5.32 Å². The van der Waals surface area contributed by atoms with E-state index in [2.05, 4.69) is 47.0 Å². The molecule has 1 atom stereocenters. The highest BCUT2D eigenvalue weighted by Gasteiger charge is 2.20. The van der Waals surface area contributed by atoms with Gasteiger partial charge in [-0.25, -0.2) is 4.98 Å². The van der Waals surface area contributed by atoms with Crippen LogP contribution in [0.1, 0.15) is 12.7 Å². The van der Waals surface area contributed by atoms with Crippen LogP contribution >= 0.6 is 12.4 Å². The number of nitrogens with zero attached hydrogens (tertiary/aromatic N) is 3. The van der Waals surface area contributed by atoms with Crippen molar-refractivity contribution in [3.8, 4) is 0 Å². The molecule has 2 aromatic rings. The fourth-order valence-electron chi connectivity index (χ4n) is 2.64. The van der Waals surface area contributed by atoms with Gasteiger partial charge in [0.05, 0.1) is 17.6 Å². The Bertz CT molecular complexity index is 551. The minimum atomic E-state index is 0. The van der Waals surface area contributed by atoms with Gasteiger partial charge >= 0.3 is 0 Å². The van der Waals surface area contributed by atoms with Crippen LogP contribution in [-0.4, -0.2) is 40.1 Å². The molecule has 0 unspecified atom stereocenters. The third-order valence-electron chi connectivity index (χ3n) is 3.86. The predicted octanol–water partition coefficient (Wildman–Crippen LogP) is 1.79. The van der Waals surface area contributed by atoms with E-state index in [1.54, 1.807) is 0 Å². The summed E-state index contributed by atoms with van der Waals surface area (Å²) in [5.41, 5.74) is 2.31. The summed E-state index contributed by atoms with van der Waals surface area (Å²) in [6.07, 6.45) is 0. The summed E-state index contributed by atoms with van der Waals surface area (Å²) in [6.45, 7) is 6.46. The average Bonchev–Trinajstić information content (AvgIpc) is 2.70. The summed E-state index contributed by atoms with van der Waals surface area (Å²) in [5.74, 6) is 1.16. The van der Waals surface area contributed by atoms with Crippen LogP contribution in [0.5, 0.6) is 0 Å². The molecule has 1 N–H and O–H groups in total. The third kappa shape index (κ3) is 2.76. The van der Waals surface area contributed by atoms with Crippen LogP contribution in [0.2, 0.25) is 0 Å². The van der Waals surface area contributed by atoms with Crippen molar-refractivity contribution < 1.29 is 0 Å². The summed E-state index contributed by atoms with van der Waals surface area (Å²) < 4.78 is 2.21. The fraction of sp³-hybridized carbons (Fsp3) is 0.500. The number of aryl methyl sites for hydroxylation is 1. The van der Waals surface area contributed by atoms with Crippen LogP contribution in [0.25, 0.3) is 11.0 Å². The molecular weight excluding hydrogens is 260 g/mol. The van der Waals surface area contributed by atoms with E-state index < -0.39 is 0 Å². The molecule has 0 saturated carbocycles. The number of imidazole rings is 1. The second-order valence-corrected chi connectivity index (χ2v) is 5.10. The molecule has 3 rings (SSSR count). The van der Waals surface area contributed by atoms with Gasteiger partial charge in [0.15, 0.2) is 0 Å². The molecule has 0 bridgehead atoms. The summed E-state index contributed by atoms with van der Waals surface area (Å²) in [4.78, 5) is 7.24. The molecule has 1 aliphatic heterocycles. The maximum absolute atomic E-state index is 4.74. The van der Waals surface area contributed by atoms with Gasteiger partial charge in [0.2, 0.25) is 0 Å². The van der Waals surface area contributed by atoms with Gasteiger partial charge in [-0.05, 0) is 19.1 Å². The predicted molar refractivity (Wildman–Crippen MR) is 80.7 cm³/mol. The number of nitrogens with one attached hydrogen (secondary N) is 1. The number of para-hydroxylation sites is 2. The lowest BCUT2D eigenvalue weighted by molar-refractivity contribution is 0.160. The van der Waals surface area contributed by atoms with Gasteiger partial charge in [-0.1, -0.05) is 12.1 Å². The first kappa shape index (κ1) is 14.3. The molecule has 4 nitrogen and oxygen atoms in total. The Hall–Kier alpha value is -1.10. The second kappa shape index (κ2) is 5.90. The zero-order valence-corrected chi connectivity index (χ0v) is 12.3. The van der Waals surface area contributed by atoms with Crippen molar-refractivity contribution in [2.45, 2.75) is 19.5 Å². The molecule has 19 heavy (non-hydrogen) atoms. The summed E-state index contributed by atoms with van der Waals surface area (Å²) >= 11 is 0. The SMILES string of the molecule is C[C@H]1CNCCN1Cc1nc2ccccc2n1C.Cl. The number of rotatable bonds is 2. The number of piperazine rings is 1. The largest absolute Gasteiger partial charge is 0.330 e. The maximum atomic E-state index is 4.74. The Balaban J connectivity index is 0.00000133. The van der Waals surface area contributed by atoms with Gasteiger partial charge in [0.1, 0.15) is 5.82 Å². The lowest BCUT2D eigenvalue weighted by Gasteiger charge is -2.33. The normalized spacial score (nSPS) is 20.4. The van der Waals surface area contributed by atoms with Crippen molar-refractivity contribution >= 4 is 23.4 Å². The second-order valence-electron chi connectivity index (χ2n) is 5.10. The standard InChI is InChI=1S/C14H20N4.ClH/c1-11-9-15-7-8-18(11)10-14-16-12-5-3-4-6-13(12)17(14)2;/h3-6,11,15H,7-10H2,1-2H3;1H/t11-;/m0./s1. The van der Waals surface area contributed by atoms with E-state index in [0.717, 1.165) is 37.5 Å². The van der Waals surface area contributed by atoms with E-state index in [1.165, 1.54) is 5.52 Å². The van der Waals surface area contributed by atoms with E-state index in [0.29, 0.717) is 6.04 Å². The number of hydrogen-bond donors (Lipinski definition) is 1. The molecule has 1 aromatic carbocycles. The highest BCUT2D eigenvalue weighted by atomic mass is 35.5. The fourth-order valence-corrected chi connectivity index (χ4v) is 2.64. The van der Waals surface area contributed by atoms with Crippen LogP contribution in [0.3, 0.4) is 0 Å². The first-order chi connectivity index (χ1) is 8.75. The van der Waals surface area contributed by atoms with Gasteiger partial charge in [-0.3, -0.25) is 4.90 Å². The summed E-state index contributed by atoms with van der Waals surface area (Å²) in [5, 5.41) is 3.42. The molecule has 5 heteroatoms. The Labute approximate surface area is 120 Å². The topological polar surface area (TPSA) is 33.1 Å². The molecule has 0 radical (unpaired) electrons. The minimum Gasteiger partial charge on any atom is -0.330 e. The average molecular weight is 281 g/mol. The zero-order chi connectivity index (χ0) is 12.5. The number of fused-ring (bicyclic) bond motifs is 1. The van der Waals surface area contributed by atoms with Crippen LogP contribution in [-0.2, 0) is 13.6 Å². The minimum absolute atomic E-state index is 0. The summed E-state index contributed by atoms with van der Waals surface area (Å²) in [7, 11) is 2.11. The Morgan fingerprint density at radius 1 is 1.37 bits per heavy atom. The molecule has 0 spiro atoms. The van der Waals surface area contributed by atoms with Gasteiger partial charge in [-0.15, -0.1) is 12.4 Å². The highest BCUT2D eigenvalue weighted by Crippen LogP contribution is 2.16. The number of hydrogen-bond acceptors (Lipinski definition) is 3. The quantitative estimate of drug-likeness (QED) is 0.910. The zero-order valence-electron chi connectivity index (χ0n) is 11.5. The van der Waals surface area contributed by atoms with Crippen molar-refractivity contribution in [1.82, 2.24) is 19.8 Å². The molecule has 1 aromatic heterocycles. The van der Waals surface area contributed by atoms with Crippen molar-refractivity contribution in [3.05, 3.63) is 30.1 Å². The van der Waals surface area contributed by atoms with Crippen molar-refractivity contribution in [3.63, 3.8) is 0 Å². The Kier molecular flexibility index (Phi) is 4.45. The van der Waals surface area contributed by atoms with Crippen molar-refractivity contribution in [2.75, 3.05) is 19.6 Å². The molecule has 0 amide bonds. The number of halogens is 1. The molecule has 104 valence electrons. The molecular formula is C14H21ClN4. The number of aromatic nitrogens is 2. The molecule has 2 heterocycles. The smallest absolute Gasteiger partial charge is 0.123 e. The van der Waals surface area contributed by atoms with E-state index >= 15 is 0 Å². The van der Waals surface area contributed by atoms with Gasteiger partial charge in [-0.2, -0.15) is 0 Å². The van der Waals surface area contributed by atoms with Crippen LogP contribution in [0, 0.1) is 0 Å². The first-order valence-electron chi connectivity index (χ1n) is 6.61. The molecule has 1 aliphatic rings. The van der Waals surface area contributed by atoms with Crippen molar-refractivity contribution in [1.29, 1.82) is 0 Å². The van der Waals surface area contributed by atoms with Gasteiger partial charge in [0, 0.05) is 32.7 Å². The monoisotopic (exact) mass is 280 g/mol. The van der Waals surface area contributed by atoms with E-state index in [9.17, 15) is 0 Å². The summed E-state index contributed by atoms with van der Waals surface area (Å²) in [6, 6.07) is 8.92. The lowest BCUT2D eigenvalue weighted by atomic mass is 10.2. The maximum Gasteiger partial charge on any atom is 0.123 e. The van der Waals surface area contributed by atoms with E-state index in [-0.39, 0.29) is 12.4 Å². The molecule has 1 saturated heterocycles. The first-order valence-corrected chi connectivity index (χ1v) is 6.61. The van der Waals surface area contributed by atoms with Gasteiger partial charge < -0.3 is 9.88 Å². The van der Waals surface area contributed by atoms with Crippen LogP contribution in [0.15, 0.2) is 24.3 Å². The van der Waals surface area contributed by atoms with Crippen molar-refractivity contribution in [2.24, 2.45) is 7.05 Å². The van der Waals surface area contributed by atoms with E-state index in [1.807, 2.05) is 6.07 Å². The Morgan fingerprint density at radius 2 is 2.16 bits per heavy atom. The Morgan fingerprint density at radius 3 is 2.89 bits per heavy atom. The number of benzene rings is 1. The molecule has 1 fully saturated rings. The third-order valence-corrected chi connectivity index (χ3v) is 3.86. The lowest BCUT2D eigenvalue weighted by Crippen LogP contribution is -2.49. The molecule has 0 aliphatic carbocycles. The van der Waals surface area contributed by atoms with Crippen LogP contribution in [0.4, 0.5) is 0 Å². The van der Waals surface area contributed by atoms with Gasteiger partial charge in [0.25, 0.3) is 0 Å². The van der Waals surface area contributed by atoms with E-state index in [4.69, 9.17) is 4.98 Å².